The molecular weight excluding hydrogens is 214 g/mol. The number of aliphatic carboxylic acids is 1. The van der Waals surface area contributed by atoms with Crippen LogP contribution in [0, 0.1) is 6.92 Å². The average molecular weight is 230 g/mol. The van der Waals surface area contributed by atoms with Crippen molar-refractivity contribution in [2.24, 2.45) is 5.73 Å². The Hall–Kier alpha value is -1.06. The third-order valence-electron chi connectivity index (χ3n) is 2.02. The van der Waals surface area contributed by atoms with Gasteiger partial charge in [-0.05, 0) is 18.9 Å². The van der Waals surface area contributed by atoms with Crippen molar-refractivity contribution in [2.75, 3.05) is 0 Å². The Morgan fingerprint density at radius 1 is 1.53 bits per heavy atom. The van der Waals surface area contributed by atoms with Crippen molar-refractivity contribution >= 4 is 18.4 Å². The van der Waals surface area contributed by atoms with Crippen LogP contribution in [0.2, 0.25) is 0 Å². The molecular formula is C11H16ClNO2. The van der Waals surface area contributed by atoms with Crippen LogP contribution in [0.1, 0.15) is 17.5 Å². The third-order valence-corrected chi connectivity index (χ3v) is 2.02. The quantitative estimate of drug-likeness (QED) is 0.827. The minimum absolute atomic E-state index is 0. The van der Waals surface area contributed by atoms with Gasteiger partial charge in [-0.15, -0.1) is 12.4 Å². The van der Waals surface area contributed by atoms with Crippen LogP contribution in [0.4, 0.5) is 0 Å². The summed E-state index contributed by atoms with van der Waals surface area (Å²) < 4.78 is 0. The molecule has 1 aromatic rings. The molecule has 3 N–H and O–H groups in total. The summed E-state index contributed by atoms with van der Waals surface area (Å²) in [5.74, 6) is -0.842. The van der Waals surface area contributed by atoms with Gasteiger partial charge >= 0.3 is 5.97 Å². The second-order valence-electron chi connectivity index (χ2n) is 3.55. The van der Waals surface area contributed by atoms with E-state index in [9.17, 15) is 4.79 Å². The Bertz CT molecular complexity index is 328. The molecule has 1 aromatic carbocycles. The lowest BCUT2D eigenvalue weighted by Gasteiger charge is -2.08. The van der Waals surface area contributed by atoms with Crippen molar-refractivity contribution in [1.29, 1.82) is 0 Å². The first-order chi connectivity index (χ1) is 6.58. The van der Waals surface area contributed by atoms with Gasteiger partial charge in [0.2, 0.25) is 0 Å². The second-order valence-corrected chi connectivity index (χ2v) is 3.55. The summed E-state index contributed by atoms with van der Waals surface area (Å²) in [7, 11) is 0. The van der Waals surface area contributed by atoms with Crippen LogP contribution >= 0.6 is 12.4 Å². The smallest absolute Gasteiger partial charge is 0.304 e. The van der Waals surface area contributed by atoms with Crippen LogP contribution in [0.15, 0.2) is 24.3 Å². The molecule has 15 heavy (non-hydrogen) atoms. The molecule has 0 aromatic heterocycles. The van der Waals surface area contributed by atoms with E-state index in [2.05, 4.69) is 0 Å². The molecule has 0 saturated heterocycles. The van der Waals surface area contributed by atoms with Crippen molar-refractivity contribution in [2.45, 2.75) is 25.8 Å². The average Bonchev–Trinajstić information content (AvgIpc) is 2.01. The van der Waals surface area contributed by atoms with Gasteiger partial charge in [0, 0.05) is 6.04 Å². The van der Waals surface area contributed by atoms with E-state index < -0.39 is 5.97 Å². The molecule has 3 nitrogen and oxygen atoms in total. The number of halogens is 1. The number of carboxylic acid groups (broad SMARTS) is 1. The van der Waals surface area contributed by atoms with Crippen LogP contribution in [0.25, 0.3) is 0 Å². The van der Waals surface area contributed by atoms with Gasteiger partial charge in [-0.25, -0.2) is 0 Å². The number of aryl methyl sites for hydroxylation is 1. The first kappa shape index (κ1) is 13.9. The van der Waals surface area contributed by atoms with E-state index in [-0.39, 0.29) is 24.9 Å². The Kier molecular flexibility index (Phi) is 5.97. The number of hydrogen-bond acceptors (Lipinski definition) is 2. The van der Waals surface area contributed by atoms with Gasteiger partial charge in [-0.2, -0.15) is 0 Å². The first-order valence-corrected chi connectivity index (χ1v) is 4.61. The summed E-state index contributed by atoms with van der Waals surface area (Å²) in [6, 6.07) is 7.66. The molecule has 0 saturated carbocycles. The zero-order chi connectivity index (χ0) is 10.6. The molecule has 0 aliphatic rings. The summed E-state index contributed by atoms with van der Waals surface area (Å²) in [5.41, 5.74) is 7.94. The molecule has 0 radical (unpaired) electrons. The van der Waals surface area contributed by atoms with E-state index in [4.69, 9.17) is 10.8 Å². The van der Waals surface area contributed by atoms with Gasteiger partial charge in [-0.1, -0.05) is 29.8 Å². The van der Waals surface area contributed by atoms with E-state index in [1.54, 1.807) is 0 Å². The molecule has 0 spiro atoms. The number of hydrogen-bond donors (Lipinski definition) is 2. The number of nitrogens with two attached hydrogens (primary N) is 1. The van der Waals surface area contributed by atoms with Gasteiger partial charge in [-0.3, -0.25) is 4.79 Å². The predicted molar refractivity (Wildman–Crippen MR) is 62.4 cm³/mol. The maximum Gasteiger partial charge on any atom is 0.304 e. The fourth-order valence-corrected chi connectivity index (χ4v) is 1.44. The van der Waals surface area contributed by atoms with Crippen LogP contribution in [0.3, 0.4) is 0 Å². The van der Waals surface area contributed by atoms with Crippen LogP contribution in [-0.2, 0) is 11.2 Å². The molecule has 0 unspecified atom stereocenters. The molecule has 0 aliphatic heterocycles. The van der Waals surface area contributed by atoms with Crippen molar-refractivity contribution in [3.63, 3.8) is 0 Å². The summed E-state index contributed by atoms with van der Waals surface area (Å²) in [5, 5.41) is 8.54. The summed E-state index contributed by atoms with van der Waals surface area (Å²) in [4.78, 5) is 10.4. The van der Waals surface area contributed by atoms with E-state index >= 15 is 0 Å². The van der Waals surface area contributed by atoms with E-state index in [0.717, 1.165) is 5.56 Å². The Morgan fingerprint density at radius 2 is 2.20 bits per heavy atom. The molecule has 1 rings (SSSR count). The normalized spacial score (nSPS) is 11.6. The van der Waals surface area contributed by atoms with Crippen molar-refractivity contribution in [3.8, 4) is 0 Å². The lowest BCUT2D eigenvalue weighted by atomic mass is 10.0. The molecule has 4 heteroatoms. The molecule has 84 valence electrons. The lowest BCUT2D eigenvalue weighted by Crippen LogP contribution is -2.26. The van der Waals surface area contributed by atoms with E-state index in [1.807, 2.05) is 31.2 Å². The van der Waals surface area contributed by atoms with Gasteiger partial charge in [0.25, 0.3) is 0 Å². The highest BCUT2D eigenvalue weighted by molar-refractivity contribution is 5.85. The summed E-state index contributed by atoms with van der Waals surface area (Å²) in [6.45, 7) is 2.01. The molecule has 1 atom stereocenters. The lowest BCUT2D eigenvalue weighted by molar-refractivity contribution is -0.137. The summed E-state index contributed by atoms with van der Waals surface area (Å²) in [6.07, 6.45) is 0.641. The number of carboxylic acids is 1. The molecule has 0 bridgehead atoms. The minimum Gasteiger partial charge on any atom is -0.481 e. The fourth-order valence-electron chi connectivity index (χ4n) is 1.44. The molecule has 0 aliphatic carbocycles. The predicted octanol–water partition coefficient (Wildman–Crippen LogP) is 1.76. The molecule has 0 fully saturated rings. The van der Waals surface area contributed by atoms with E-state index in [1.165, 1.54) is 5.56 Å². The van der Waals surface area contributed by atoms with Gasteiger partial charge in [0.05, 0.1) is 6.42 Å². The van der Waals surface area contributed by atoms with Crippen molar-refractivity contribution < 1.29 is 9.90 Å². The highest BCUT2D eigenvalue weighted by atomic mass is 35.5. The minimum atomic E-state index is -0.842. The number of carbonyl (C=O) groups is 1. The van der Waals surface area contributed by atoms with E-state index in [0.29, 0.717) is 6.42 Å². The monoisotopic (exact) mass is 229 g/mol. The fraction of sp³-hybridized carbons (Fsp3) is 0.364. The Balaban J connectivity index is 0.00000196. The standard InChI is InChI=1S/C11H15NO2.ClH/c1-8-3-2-4-9(5-8)6-10(12)7-11(13)14;/h2-5,10H,6-7,12H2,1H3,(H,13,14);1H/t10-;/m1./s1. The Morgan fingerprint density at radius 3 is 2.73 bits per heavy atom. The molecule has 0 heterocycles. The zero-order valence-electron chi connectivity index (χ0n) is 8.64. The van der Waals surface area contributed by atoms with Crippen LogP contribution in [-0.4, -0.2) is 17.1 Å². The Labute approximate surface area is 95.7 Å². The second kappa shape index (κ2) is 6.43. The SMILES string of the molecule is Cc1cccc(C[C@@H](N)CC(=O)O)c1.Cl. The first-order valence-electron chi connectivity index (χ1n) is 4.61. The maximum absolute atomic E-state index is 10.4. The maximum atomic E-state index is 10.4. The van der Waals surface area contributed by atoms with Crippen LogP contribution in [0.5, 0.6) is 0 Å². The largest absolute Gasteiger partial charge is 0.481 e. The van der Waals surface area contributed by atoms with Crippen molar-refractivity contribution in [1.82, 2.24) is 0 Å². The summed E-state index contributed by atoms with van der Waals surface area (Å²) >= 11 is 0. The van der Waals surface area contributed by atoms with Gasteiger partial charge in [0.1, 0.15) is 0 Å². The van der Waals surface area contributed by atoms with Gasteiger partial charge in [0.15, 0.2) is 0 Å². The highest BCUT2D eigenvalue weighted by Crippen LogP contribution is 2.07. The topological polar surface area (TPSA) is 63.3 Å². The van der Waals surface area contributed by atoms with Gasteiger partial charge < -0.3 is 10.8 Å². The molecule has 0 amide bonds. The third kappa shape index (κ3) is 5.40. The highest BCUT2D eigenvalue weighted by Gasteiger charge is 2.08. The van der Waals surface area contributed by atoms with Crippen LogP contribution < -0.4 is 5.73 Å². The number of benzene rings is 1. The zero-order valence-corrected chi connectivity index (χ0v) is 9.46. The van der Waals surface area contributed by atoms with Crippen molar-refractivity contribution in [3.05, 3.63) is 35.4 Å². The number of rotatable bonds is 4.